The maximum Gasteiger partial charge on any atom is 0.310 e. The van der Waals surface area contributed by atoms with Crippen LogP contribution >= 0.6 is 0 Å². The van der Waals surface area contributed by atoms with E-state index >= 15 is 0 Å². The van der Waals surface area contributed by atoms with Crippen LogP contribution < -0.4 is 4.74 Å². The van der Waals surface area contributed by atoms with Gasteiger partial charge in [-0.3, -0.25) is 4.79 Å². The van der Waals surface area contributed by atoms with Gasteiger partial charge in [0.15, 0.2) is 0 Å². The number of rotatable bonds is 5. The molecule has 0 aliphatic rings. The summed E-state index contributed by atoms with van der Waals surface area (Å²) in [6, 6.07) is 7.03. The van der Waals surface area contributed by atoms with E-state index < -0.39 is 0 Å². The van der Waals surface area contributed by atoms with Gasteiger partial charge in [0.2, 0.25) is 0 Å². The van der Waals surface area contributed by atoms with E-state index in [1.807, 2.05) is 6.07 Å². The van der Waals surface area contributed by atoms with Crippen molar-refractivity contribution in [2.45, 2.75) is 13.3 Å². The van der Waals surface area contributed by atoms with E-state index in [4.69, 9.17) is 14.6 Å². The fourth-order valence-corrected chi connectivity index (χ4v) is 1.22. The lowest BCUT2D eigenvalue weighted by atomic mass is 10.1. The van der Waals surface area contributed by atoms with Crippen LogP contribution in [0.5, 0.6) is 5.75 Å². The highest BCUT2D eigenvalue weighted by Gasteiger charge is 2.04. The van der Waals surface area contributed by atoms with Crippen LogP contribution in [-0.2, 0) is 16.0 Å². The van der Waals surface area contributed by atoms with Crippen LogP contribution in [0.25, 0.3) is 0 Å². The molecule has 0 aromatic heterocycles. The lowest BCUT2D eigenvalue weighted by Crippen LogP contribution is -2.07. The predicted octanol–water partition coefficient (Wildman–Crippen LogP) is 2.20. The van der Waals surface area contributed by atoms with E-state index in [-0.39, 0.29) is 12.4 Å². The van der Waals surface area contributed by atoms with Crippen LogP contribution in [0.2, 0.25) is 0 Å². The molecule has 86 valence electrons. The van der Waals surface area contributed by atoms with Crippen molar-refractivity contribution in [1.82, 2.24) is 0 Å². The molecule has 1 rings (SSSR count). The summed E-state index contributed by atoms with van der Waals surface area (Å²) >= 11 is 0. The first-order chi connectivity index (χ1) is 7.76. The van der Waals surface area contributed by atoms with Crippen LogP contribution in [0.4, 0.5) is 0 Å². The molecule has 1 aromatic carbocycles. The van der Waals surface area contributed by atoms with E-state index in [1.165, 1.54) is 0 Å². The number of benzene rings is 1. The number of aliphatic hydroxyl groups is 1. The molecule has 0 radical (unpaired) electrons. The van der Waals surface area contributed by atoms with Gasteiger partial charge in [-0.25, -0.2) is 0 Å². The van der Waals surface area contributed by atoms with Gasteiger partial charge in [-0.1, -0.05) is 12.1 Å². The molecular weight excluding hydrogens is 208 g/mol. The smallest absolute Gasteiger partial charge is 0.310 e. The first-order valence-corrected chi connectivity index (χ1v) is 4.96. The van der Waals surface area contributed by atoms with Crippen molar-refractivity contribution in [2.75, 3.05) is 6.61 Å². The zero-order chi connectivity index (χ0) is 11.8. The van der Waals surface area contributed by atoms with Crippen LogP contribution in [0.1, 0.15) is 12.5 Å². The van der Waals surface area contributed by atoms with Crippen LogP contribution in [0.3, 0.4) is 0 Å². The summed E-state index contributed by atoms with van der Waals surface area (Å²) in [6.07, 6.45) is 2.18. The quantitative estimate of drug-likeness (QED) is 0.613. The SMILES string of the molecule is CCOC(=O)Cc1cccc(OC=CO)c1. The van der Waals surface area contributed by atoms with Crippen molar-refractivity contribution < 1.29 is 19.4 Å². The monoisotopic (exact) mass is 222 g/mol. The summed E-state index contributed by atoms with van der Waals surface area (Å²) in [6.45, 7) is 2.14. The van der Waals surface area contributed by atoms with E-state index in [0.29, 0.717) is 12.4 Å². The fraction of sp³-hybridized carbons (Fsp3) is 0.250. The lowest BCUT2D eigenvalue weighted by molar-refractivity contribution is -0.142. The number of carbonyl (C=O) groups excluding carboxylic acids is 1. The molecule has 4 heteroatoms. The van der Waals surface area contributed by atoms with E-state index in [2.05, 4.69) is 0 Å². The Morgan fingerprint density at radius 2 is 2.31 bits per heavy atom. The second kappa shape index (κ2) is 6.50. The summed E-state index contributed by atoms with van der Waals surface area (Å²) in [5.74, 6) is 0.296. The number of esters is 1. The Hall–Kier alpha value is -1.97. The molecule has 4 nitrogen and oxygen atoms in total. The Morgan fingerprint density at radius 1 is 1.50 bits per heavy atom. The minimum Gasteiger partial charge on any atom is -0.512 e. The van der Waals surface area contributed by atoms with E-state index in [0.717, 1.165) is 18.1 Å². The molecule has 0 fully saturated rings. The van der Waals surface area contributed by atoms with Crippen LogP contribution in [0, 0.1) is 0 Å². The van der Waals surface area contributed by atoms with Crippen LogP contribution in [-0.4, -0.2) is 17.7 Å². The molecule has 0 heterocycles. The highest BCUT2D eigenvalue weighted by atomic mass is 16.5. The first-order valence-electron chi connectivity index (χ1n) is 4.96. The second-order valence-corrected chi connectivity index (χ2v) is 3.03. The van der Waals surface area contributed by atoms with Gasteiger partial charge in [0.25, 0.3) is 0 Å². The minimum atomic E-state index is -0.266. The molecule has 0 aliphatic heterocycles. The first kappa shape index (κ1) is 12.1. The molecule has 0 bridgehead atoms. The molecule has 0 unspecified atom stereocenters. The molecule has 0 saturated carbocycles. The molecular formula is C12H14O4. The van der Waals surface area contributed by atoms with E-state index in [9.17, 15) is 4.79 Å². The van der Waals surface area contributed by atoms with E-state index in [1.54, 1.807) is 25.1 Å². The van der Waals surface area contributed by atoms with Crippen LogP contribution in [0.15, 0.2) is 36.8 Å². The van der Waals surface area contributed by atoms with Crippen molar-refractivity contribution >= 4 is 5.97 Å². The third-order valence-electron chi connectivity index (χ3n) is 1.82. The Kier molecular flexibility index (Phi) is 4.92. The minimum absolute atomic E-state index is 0.216. The second-order valence-electron chi connectivity index (χ2n) is 3.03. The number of hydrogen-bond donors (Lipinski definition) is 1. The highest BCUT2D eigenvalue weighted by molar-refractivity contribution is 5.72. The maximum atomic E-state index is 11.2. The largest absolute Gasteiger partial charge is 0.512 e. The highest BCUT2D eigenvalue weighted by Crippen LogP contribution is 2.14. The molecule has 0 spiro atoms. The third-order valence-corrected chi connectivity index (χ3v) is 1.82. The normalized spacial score (nSPS) is 10.3. The standard InChI is InChI=1S/C12H14O4/c1-2-15-12(14)9-10-4-3-5-11(8-10)16-7-6-13/h3-8,13H,2,9H2,1H3. The summed E-state index contributed by atoms with van der Waals surface area (Å²) in [5.41, 5.74) is 0.808. The number of ether oxygens (including phenoxy) is 2. The number of hydrogen-bond acceptors (Lipinski definition) is 4. The van der Waals surface area contributed by atoms with Gasteiger partial charge in [-0.05, 0) is 24.6 Å². The molecule has 0 aliphatic carbocycles. The Bertz CT molecular complexity index is 371. The van der Waals surface area contributed by atoms with Crippen molar-refractivity contribution in [3.63, 3.8) is 0 Å². The molecule has 0 amide bonds. The zero-order valence-electron chi connectivity index (χ0n) is 9.05. The van der Waals surface area contributed by atoms with Gasteiger partial charge >= 0.3 is 5.97 Å². The Labute approximate surface area is 94.1 Å². The average molecular weight is 222 g/mol. The van der Waals surface area contributed by atoms with Gasteiger partial charge in [0.05, 0.1) is 13.0 Å². The van der Waals surface area contributed by atoms with Gasteiger partial charge in [-0.2, -0.15) is 0 Å². The van der Waals surface area contributed by atoms with Gasteiger partial charge < -0.3 is 14.6 Å². The van der Waals surface area contributed by atoms with Gasteiger partial charge in [0, 0.05) is 0 Å². The van der Waals surface area contributed by atoms with Gasteiger partial charge in [-0.15, -0.1) is 0 Å². The molecule has 0 saturated heterocycles. The summed E-state index contributed by atoms with van der Waals surface area (Å²) in [5, 5.41) is 8.43. The van der Waals surface area contributed by atoms with Gasteiger partial charge in [0.1, 0.15) is 18.3 Å². The average Bonchev–Trinajstić information content (AvgIpc) is 2.27. The van der Waals surface area contributed by atoms with Crippen molar-refractivity contribution in [3.8, 4) is 5.75 Å². The molecule has 1 aromatic rings. The van der Waals surface area contributed by atoms with Crippen molar-refractivity contribution in [1.29, 1.82) is 0 Å². The predicted molar refractivity (Wildman–Crippen MR) is 59.2 cm³/mol. The van der Waals surface area contributed by atoms with Crippen molar-refractivity contribution in [2.24, 2.45) is 0 Å². The summed E-state index contributed by atoms with van der Waals surface area (Å²) in [4.78, 5) is 11.2. The lowest BCUT2D eigenvalue weighted by Gasteiger charge is -2.04. The molecule has 16 heavy (non-hydrogen) atoms. The summed E-state index contributed by atoms with van der Waals surface area (Å²) < 4.78 is 9.89. The molecule has 0 atom stereocenters. The third kappa shape index (κ3) is 4.04. The Balaban J connectivity index is 2.63. The topological polar surface area (TPSA) is 55.8 Å². The number of aliphatic hydroxyl groups excluding tert-OH is 1. The maximum absolute atomic E-state index is 11.2. The summed E-state index contributed by atoms with van der Waals surface area (Å²) in [7, 11) is 0. The zero-order valence-corrected chi connectivity index (χ0v) is 9.05. The number of carbonyl (C=O) groups is 1. The fourth-order valence-electron chi connectivity index (χ4n) is 1.22. The molecule has 1 N–H and O–H groups in total. The Morgan fingerprint density at radius 3 is 3.00 bits per heavy atom. The van der Waals surface area contributed by atoms with Crippen molar-refractivity contribution in [3.05, 3.63) is 42.4 Å².